The molecule has 1 saturated heterocycles. The van der Waals surface area contributed by atoms with Crippen molar-refractivity contribution in [2.45, 2.75) is 38.3 Å². The van der Waals surface area contributed by atoms with Gasteiger partial charge in [-0.3, -0.25) is 0 Å². The van der Waals surface area contributed by atoms with Crippen LogP contribution in [0.25, 0.3) is 0 Å². The summed E-state index contributed by atoms with van der Waals surface area (Å²) in [4.78, 5) is 14.1. The Morgan fingerprint density at radius 2 is 2.23 bits per heavy atom. The number of aliphatic hydroxyl groups excluding tert-OH is 1. The summed E-state index contributed by atoms with van der Waals surface area (Å²) in [5.74, 6) is 0.229. The summed E-state index contributed by atoms with van der Waals surface area (Å²) in [7, 11) is 0. The lowest BCUT2D eigenvalue weighted by Crippen LogP contribution is -2.50. The standard InChI is InChI=1S/C17H23N3O2/c1-13-9-11-20(12-16(13)21)17(22)19-15(8-5-10-18)14-6-3-2-4-7-14/h2-4,6-7,13,15-16,21H,5,8-9,11-12H2,1H3,(H,19,22). The average Bonchev–Trinajstić information content (AvgIpc) is 2.54. The number of urea groups is 1. The molecule has 2 amide bonds. The molecule has 0 saturated carbocycles. The summed E-state index contributed by atoms with van der Waals surface area (Å²) >= 11 is 0. The second kappa shape index (κ2) is 7.81. The van der Waals surface area contributed by atoms with Crippen LogP contribution in [0.5, 0.6) is 0 Å². The zero-order chi connectivity index (χ0) is 15.9. The van der Waals surface area contributed by atoms with Gasteiger partial charge in [0.15, 0.2) is 0 Å². The quantitative estimate of drug-likeness (QED) is 0.897. The van der Waals surface area contributed by atoms with E-state index in [9.17, 15) is 9.90 Å². The second-order valence-corrected chi connectivity index (χ2v) is 5.89. The van der Waals surface area contributed by atoms with Crippen LogP contribution in [0.4, 0.5) is 4.79 Å². The lowest BCUT2D eigenvalue weighted by atomic mass is 9.96. The first-order valence-electron chi connectivity index (χ1n) is 7.77. The molecule has 2 rings (SSSR count). The maximum Gasteiger partial charge on any atom is 0.317 e. The monoisotopic (exact) mass is 301 g/mol. The number of nitrogens with zero attached hydrogens (tertiary/aromatic N) is 2. The number of hydrogen-bond acceptors (Lipinski definition) is 3. The topological polar surface area (TPSA) is 76.4 Å². The third-order valence-electron chi connectivity index (χ3n) is 4.25. The molecule has 22 heavy (non-hydrogen) atoms. The maximum absolute atomic E-state index is 12.4. The highest BCUT2D eigenvalue weighted by atomic mass is 16.3. The van der Waals surface area contributed by atoms with Crippen LogP contribution in [-0.4, -0.2) is 35.2 Å². The van der Waals surface area contributed by atoms with Crippen molar-refractivity contribution >= 4 is 6.03 Å². The molecule has 3 unspecified atom stereocenters. The molecule has 2 N–H and O–H groups in total. The van der Waals surface area contributed by atoms with Crippen molar-refractivity contribution in [3.63, 3.8) is 0 Å². The molecule has 0 bridgehead atoms. The SMILES string of the molecule is CC1CCN(C(=O)NC(CCC#N)c2ccccc2)CC1O. The molecule has 1 aromatic rings. The minimum absolute atomic E-state index is 0.169. The highest BCUT2D eigenvalue weighted by Crippen LogP contribution is 2.21. The minimum Gasteiger partial charge on any atom is -0.391 e. The highest BCUT2D eigenvalue weighted by molar-refractivity contribution is 5.75. The fourth-order valence-electron chi connectivity index (χ4n) is 2.69. The Labute approximate surface area is 131 Å². The van der Waals surface area contributed by atoms with Crippen molar-refractivity contribution in [3.05, 3.63) is 35.9 Å². The molecule has 5 heteroatoms. The van der Waals surface area contributed by atoms with Crippen molar-refractivity contribution in [3.8, 4) is 6.07 Å². The summed E-state index contributed by atoms with van der Waals surface area (Å²) < 4.78 is 0. The molecule has 3 atom stereocenters. The summed E-state index contributed by atoms with van der Waals surface area (Å²) in [6.45, 7) is 3.02. The number of amides is 2. The second-order valence-electron chi connectivity index (χ2n) is 5.89. The minimum atomic E-state index is -0.464. The van der Waals surface area contributed by atoms with E-state index in [0.717, 1.165) is 12.0 Å². The molecule has 5 nitrogen and oxygen atoms in total. The third kappa shape index (κ3) is 4.22. The molecule has 0 aliphatic carbocycles. The van der Waals surface area contributed by atoms with E-state index in [0.29, 0.717) is 25.9 Å². The normalized spacial score (nSPS) is 22.7. The number of nitriles is 1. The Morgan fingerprint density at radius 3 is 2.86 bits per heavy atom. The molecular formula is C17H23N3O2. The fourth-order valence-corrected chi connectivity index (χ4v) is 2.69. The molecular weight excluding hydrogens is 278 g/mol. The first kappa shape index (κ1) is 16.3. The third-order valence-corrected chi connectivity index (χ3v) is 4.25. The molecule has 1 aliphatic rings. The Hall–Kier alpha value is -2.06. The van der Waals surface area contributed by atoms with Crippen molar-refractivity contribution in [1.82, 2.24) is 10.2 Å². The summed E-state index contributed by atoms with van der Waals surface area (Å²) in [6.07, 6.45) is 1.32. The molecule has 1 aliphatic heterocycles. The van der Waals surface area contributed by atoms with Gasteiger partial charge >= 0.3 is 6.03 Å². The lowest BCUT2D eigenvalue weighted by molar-refractivity contribution is 0.0429. The van der Waals surface area contributed by atoms with Crippen molar-refractivity contribution in [1.29, 1.82) is 5.26 Å². The van der Waals surface area contributed by atoms with E-state index in [-0.39, 0.29) is 18.0 Å². The Kier molecular flexibility index (Phi) is 5.79. The summed E-state index contributed by atoms with van der Waals surface area (Å²) in [5, 5.41) is 21.7. The molecule has 0 spiro atoms. The van der Waals surface area contributed by atoms with E-state index >= 15 is 0 Å². The first-order chi connectivity index (χ1) is 10.6. The molecule has 0 radical (unpaired) electrons. The van der Waals surface area contributed by atoms with Crippen LogP contribution in [0.1, 0.15) is 37.8 Å². The van der Waals surface area contributed by atoms with Gasteiger partial charge in [-0.2, -0.15) is 5.26 Å². The van der Waals surface area contributed by atoms with E-state index < -0.39 is 6.10 Å². The van der Waals surface area contributed by atoms with E-state index in [4.69, 9.17) is 5.26 Å². The van der Waals surface area contributed by atoms with E-state index in [1.807, 2.05) is 37.3 Å². The van der Waals surface area contributed by atoms with Gasteiger partial charge in [-0.1, -0.05) is 37.3 Å². The fraction of sp³-hybridized carbons (Fsp3) is 0.529. The lowest BCUT2D eigenvalue weighted by Gasteiger charge is -2.35. The number of carbonyl (C=O) groups excluding carboxylic acids is 1. The number of benzene rings is 1. The van der Waals surface area contributed by atoms with Crippen LogP contribution in [0.15, 0.2) is 30.3 Å². The summed E-state index contributed by atoms with van der Waals surface area (Å²) in [6, 6.07) is 11.5. The predicted octanol–water partition coefficient (Wildman–Crippen LogP) is 2.44. The number of rotatable bonds is 4. The van der Waals surface area contributed by atoms with Gasteiger partial charge in [0.2, 0.25) is 0 Å². The van der Waals surface area contributed by atoms with Gasteiger partial charge in [0.1, 0.15) is 0 Å². The van der Waals surface area contributed by atoms with Gasteiger partial charge in [-0.15, -0.1) is 0 Å². The number of aliphatic hydroxyl groups is 1. The highest BCUT2D eigenvalue weighted by Gasteiger charge is 2.28. The van der Waals surface area contributed by atoms with Crippen LogP contribution in [0, 0.1) is 17.2 Å². The van der Waals surface area contributed by atoms with Crippen LogP contribution in [-0.2, 0) is 0 Å². The molecule has 1 heterocycles. The molecule has 1 fully saturated rings. The number of β-amino-alcohol motifs (C(OH)–C–C–N with tert-alkyl or cyclic N) is 1. The van der Waals surface area contributed by atoms with Crippen LogP contribution in [0.2, 0.25) is 0 Å². The van der Waals surface area contributed by atoms with Gasteiger partial charge in [0, 0.05) is 19.5 Å². The Morgan fingerprint density at radius 1 is 1.50 bits per heavy atom. The smallest absolute Gasteiger partial charge is 0.317 e. The first-order valence-corrected chi connectivity index (χ1v) is 7.77. The number of hydrogen-bond donors (Lipinski definition) is 2. The van der Waals surface area contributed by atoms with Crippen LogP contribution < -0.4 is 5.32 Å². The van der Waals surface area contributed by atoms with Crippen molar-refractivity contribution in [2.75, 3.05) is 13.1 Å². The zero-order valence-electron chi connectivity index (χ0n) is 12.9. The van der Waals surface area contributed by atoms with Crippen molar-refractivity contribution in [2.24, 2.45) is 5.92 Å². The largest absolute Gasteiger partial charge is 0.391 e. The predicted molar refractivity (Wildman–Crippen MR) is 83.9 cm³/mol. The van der Waals surface area contributed by atoms with E-state index in [2.05, 4.69) is 11.4 Å². The van der Waals surface area contributed by atoms with Gasteiger partial charge < -0.3 is 15.3 Å². The summed E-state index contributed by atoms with van der Waals surface area (Å²) in [5.41, 5.74) is 0.997. The van der Waals surface area contributed by atoms with E-state index in [1.54, 1.807) is 4.90 Å². The molecule has 1 aromatic carbocycles. The van der Waals surface area contributed by atoms with Gasteiger partial charge in [-0.25, -0.2) is 4.79 Å². The molecule has 0 aromatic heterocycles. The molecule has 118 valence electrons. The average molecular weight is 301 g/mol. The van der Waals surface area contributed by atoms with Gasteiger partial charge in [0.05, 0.1) is 18.2 Å². The number of nitrogens with one attached hydrogen (secondary N) is 1. The van der Waals surface area contributed by atoms with Crippen LogP contribution >= 0.6 is 0 Å². The van der Waals surface area contributed by atoms with E-state index in [1.165, 1.54) is 0 Å². The van der Waals surface area contributed by atoms with Crippen molar-refractivity contribution < 1.29 is 9.90 Å². The zero-order valence-corrected chi connectivity index (χ0v) is 12.9. The number of piperidine rings is 1. The number of likely N-dealkylation sites (tertiary alicyclic amines) is 1. The van der Waals surface area contributed by atoms with Gasteiger partial charge in [0.25, 0.3) is 0 Å². The number of carbonyl (C=O) groups is 1. The van der Waals surface area contributed by atoms with Gasteiger partial charge in [-0.05, 0) is 24.3 Å². The Bertz CT molecular complexity index is 526. The van der Waals surface area contributed by atoms with Crippen LogP contribution in [0.3, 0.4) is 0 Å². The maximum atomic E-state index is 12.4. The Balaban J connectivity index is 2.01.